The van der Waals surface area contributed by atoms with Gasteiger partial charge in [-0.25, -0.2) is 8.42 Å². The molecule has 0 unspecified atom stereocenters. The highest BCUT2D eigenvalue weighted by Gasteiger charge is 2.34. The minimum Gasteiger partial charge on any atom is -0.341 e. The van der Waals surface area contributed by atoms with Crippen molar-refractivity contribution in [3.05, 3.63) is 29.8 Å². The highest BCUT2D eigenvalue weighted by molar-refractivity contribution is 7.89. The molecular weight excluding hydrogens is 450 g/mol. The first-order chi connectivity index (χ1) is 16.3. The van der Waals surface area contributed by atoms with Gasteiger partial charge in [0, 0.05) is 50.7 Å². The minimum atomic E-state index is -3.62. The fourth-order valence-corrected chi connectivity index (χ4v) is 7.19. The standard InChI is InChI=1S/C26H39N3O4S/c1-21(30)23-8-10-25(11-9-23)34(32,33)29-16-12-24(13-17-29)26(31)28-15-5-14-27(18-19-28)20-22-6-3-2-4-7-22/h8-11,22,24H,2-7,12-20H2,1H3. The van der Waals surface area contributed by atoms with E-state index in [0.717, 1.165) is 38.5 Å². The number of nitrogens with zero attached hydrogens (tertiary/aromatic N) is 3. The molecule has 1 saturated carbocycles. The molecule has 2 heterocycles. The van der Waals surface area contributed by atoms with Gasteiger partial charge in [0.25, 0.3) is 0 Å². The summed E-state index contributed by atoms with van der Waals surface area (Å²) in [7, 11) is -3.62. The van der Waals surface area contributed by atoms with E-state index in [9.17, 15) is 18.0 Å². The second kappa shape index (κ2) is 11.3. The zero-order valence-electron chi connectivity index (χ0n) is 20.5. The second-order valence-corrected chi connectivity index (χ2v) is 12.2. The Hall–Kier alpha value is -1.77. The maximum atomic E-state index is 13.2. The summed E-state index contributed by atoms with van der Waals surface area (Å²) in [4.78, 5) is 29.5. The molecule has 0 spiro atoms. The van der Waals surface area contributed by atoms with Crippen molar-refractivity contribution in [3.8, 4) is 0 Å². The highest BCUT2D eigenvalue weighted by Crippen LogP contribution is 2.27. The Morgan fingerprint density at radius 1 is 0.824 bits per heavy atom. The molecule has 0 radical (unpaired) electrons. The number of sulfonamides is 1. The summed E-state index contributed by atoms with van der Waals surface area (Å²) in [5.41, 5.74) is 0.498. The van der Waals surface area contributed by atoms with Crippen molar-refractivity contribution in [2.45, 2.75) is 63.2 Å². The third-order valence-electron chi connectivity index (χ3n) is 7.84. The number of amides is 1. The lowest BCUT2D eigenvalue weighted by Gasteiger charge is -2.33. The number of rotatable bonds is 6. The average Bonchev–Trinajstić information content (AvgIpc) is 3.10. The third-order valence-corrected chi connectivity index (χ3v) is 9.76. The van der Waals surface area contributed by atoms with E-state index in [1.165, 1.54) is 62.0 Å². The van der Waals surface area contributed by atoms with Crippen LogP contribution in [-0.4, -0.2) is 80.0 Å². The van der Waals surface area contributed by atoms with Crippen molar-refractivity contribution >= 4 is 21.7 Å². The van der Waals surface area contributed by atoms with Crippen LogP contribution in [0.15, 0.2) is 29.2 Å². The minimum absolute atomic E-state index is 0.0890. The molecule has 0 N–H and O–H groups in total. The summed E-state index contributed by atoms with van der Waals surface area (Å²) in [6.07, 6.45) is 8.94. The van der Waals surface area contributed by atoms with E-state index in [4.69, 9.17) is 0 Å². The van der Waals surface area contributed by atoms with E-state index in [-0.39, 0.29) is 22.5 Å². The van der Waals surface area contributed by atoms with E-state index in [1.54, 1.807) is 12.1 Å². The Labute approximate surface area is 204 Å². The molecule has 0 bridgehead atoms. The van der Waals surface area contributed by atoms with Crippen LogP contribution >= 0.6 is 0 Å². The summed E-state index contributed by atoms with van der Waals surface area (Å²) in [5, 5.41) is 0. The molecule has 34 heavy (non-hydrogen) atoms. The van der Waals surface area contributed by atoms with Crippen molar-refractivity contribution in [2.24, 2.45) is 11.8 Å². The summed E-state index contributed by atoms with van der Waals surface area (Å²) < 4.78 is 27.5. The fourth-order valence-electron chi connectivity index (χ4n) is 5.72. The first kappa shape index (κ1) is 25.3. The number of benzene rings is 1. The van der Waals surface area contributed by atoms with Crippen LogP contribution in [0.25, 0.3) is 0 Å². The quantitative estimate of drug-likeness (QED) is 0.573. The molecule has 1 aliphatic carbocycles. The molecular formula is C26H39N3O4S. The van der Waals surface area contributed by atoms with Gasteiger partial charge in [-0.2, -0.15) is 4.31 Å². The zero-order chi connectivity index (χ0) is 24.1. The predicted molar refractivity (Wildman–Crippen MR) is 132 cm³/mol. The molecule has 3 fully saturated rings. The lowest BCUT2D eigenvalue weighted by molar-refractivity contribution is -0.136. The number of carbonyl (C=O) groups excluding carboxylic acids is 2. The van der Waals surface area contributed by atoms with Gasteiger partial charge in [0.05, 0.1) is 4.90 Å². The lowest BCUT2D eigenvalue weighted by Crippen LogP contribution is -2.45. The number of piperidine rings is 1. The lowest BCUT2D eigenvalue weighted by atomic mass is 9.89. The molecule has 4 rings (SSSR count). The van der Waals surface area contributed by atoms with Gasteiger partial charge < -0.3 is 9.80 Å². The van der Waals surface area contributed by atoms with Crippen molar-refractivity contribution in [1.29, 1.82) is 0 Å². The largest absolute Gasteiger partial charge is 0.341 e. The van der Waals surface area contributed by atoms with Gasteiger partial charge in [-0.1, -0.05) is 31.4 Å². The van der Waals surface area contributed by atoms with Crippen LogP contribution in [0, 0.1) is 11.8 Å². The Morgan fingerprint density at radius 2 is 1.50 bits per heavy atom. The van der Waals surface area contributed by atoms with E-state index < -0.39 is 10.0 Å². The molecule has 188 valence electrons. The van der Waals surface area contributed by atoms with Crippen molar-refractivity contribution < 1.29 is 18.0 Å². The number of hydrogen-bond acceptors (Lipinski definition) is 5. The van der Waals surface area contributed by atoms with Gasteiger partial charge >= 0.3 is 0 Å². The van der Waals surface area contributed by atoms with E-state index in [1.807, 2.05) is 4.90 Å². The van der Waals surface area contributed by atoms with Crippen LogP contribution < -0.4 is 0 Å². The van der Waals surface area contributed by atoms with Gasteiger partial charge in [-0.3, -0.25) is 9.59 Å². The normalized spacial score (nSPS) is 22.4. The van der Waals surface area contributed by atoms with E-state index in [0.29, 0.717) is 31.5 Å². The van der Waals surface area contributed by atoms with Crippen LogP contribution in [0.2, 0.25) is 0 Å². The smallest absolute Gasteiger partial charge is 0.243 e. The SMILES string of the molecule is CC(=O)c1ccc(S(=O)(=O)N2CCC(C(=O)N3CCCN(CC4CCCCC4)CC3)CC2)cc1. The molecule has 1 aromatic rings. The molecule has 1 amide bonds. The van der Waals surface area contributed by atoms with Crippen LogP contribution in [0.3, 0.4) is 0 Å². The molecule has 7 nitrogen and oxygen atoms in total. The van der Waals surface area contributed by atoms with Crippen molar-refractivity contribution in [1.82, 2.24) is 14.1 Å². The van der Waals surface area contributed by atoms with Gasteiger partial charge in [0.15, 0.2) is 5.78 Å². The Morgan fingerprint density at radius 3 is 2.15 bits per heavy atom. The Bertz CT molecular complexity index is 949. The van der Waals surface area contributed by atoms with Gasteiger partial charge in [0.2, 0.25) is 15.9 Å². The van der Waals surface area contributed by atoms with Crippen LogP contribution in [0.5, 0.6) is 0 Å². The predicted octanol–water partition coefficient (Wildman–Crippen LogP) is 3.40. The summed E-state index contributed by atoms with van der Waals surface area (Å²) >= 11 is 0. The Balaban J connectivity index is 1.28. The van der Waals surface area contributed by atoms with Gasteiger partial charge in [-0.15, -0.1) is 0 Å². The van der Waals surface area contributed by atoms with Crippen LogP contribution in [0.4, 0.5) is 0 Å². The first-order valence-corrected chi connectivity index (χ1v) is 14.4. The topological polar surface area (TPSA) is 78.0 Å². The van der Waals surface area contributed by atoms with Crippen molar-refractivity contribution in [2.75, 3.05) is 45.8 Å². The number of Topliss-reactive ketones (excluding diaryl/α,β-unsaturated/α-hetero) is 1. The molecule has 2 saturated heterocycles. The molecule has 0 aromatic heterocycles. The zero-order valence-corrected chi connectivity index (χ0v) is 21.3. The van der Waals surface area contributed by atoms with E-state index >= 15 is 0 Å². The van der Waals surface area contributed by atoms with Gasteiger partial charge in [0.1, 0.15) is 0 Å². The van der Waals surface area contributed by atoms with Crippen LogP contribution in [0.1, 0.15) is 68.6 Å². The summed E-state index contributed by atoms with van der Waals surface area (Å²) in [6, 6.07) is 6.12. The fraction of sp³-hybridized carbons (Fsp3) is 0.692. The molecule has 8 heteroatoms. The second-order valence-electron chi connectivity index (χ2n) is 10.2. The highest BCUT2D eigenvalue weighted by atomic mass is 32.2. The third kappa shape index (κ3) is 6.07. The van der Waals surface area contributed by atoms with Crippen LogP contribution in [-0.2, 0) is 14.8 Å². The Kier molecular flexibility index (Phi) is 8.43. The maximum absolute atomic E-state index is 13.2. The van der Waals surface area contributed by atoms with Crippen molar-refractivity contribution in [3.63, 3.8) is 0 Å². The van der Waals surface area contributed by atoms with Gasteiger partial charge in [-0.05, 0) is 63.6 Å². The summed E-state index contributed by atoms with van der Waals surface area (Å²) in [6.45, 7) is 6.96. The molecule has 1 aromatic carbocycles. The summed E-state index contributed by atoms with van der Waals surface area (Å²) in [5.74, 6) is 0.827. The number of carbonyl (C=O) groups is 2. The molecule has 0 atom stereocenters. The van der Waals surface area contributed by atoms with E-state index in [2.05, 4.69) is 4.90 Å². The maximum Gasteiger partial charge on any atom is 0.243 e. The average molecular weight is 490 g/mol. The number of hydrogen-bond donors (Lipinski definition) is 0. The monoisotopic (exact) mass is 489 g/mol. The number of ketones is 1. The first-order valence-electron chi connectivity index (χ1n) is 13.0. The molecule has 3 aliphatic rings. The molecule has 2 aliphatic heterocycles.